The van der Waals surface area contributed by atoms with Gasteiger partial charge in [0.05, 0.1) is 33.2 Å². The maximum Gasteiger partial charge on any atom is 0.323 e. The monoisotopic (exact) mass is 431 g/mol. The van der Waals surface area contributed by atoms with Crippen LogP contribution in [0.25, 0.3) is 21.8 Å². The molecule has 6 nitrogen and oxygen atoms in total. The molecule has 0 unspecified atom stereocenters. The summed E-state index contributed by atoms with van der Waals surface area (Å²) in [6, 6.07) is 8.54. The van der Waals surface area contributed by atoms with E-state index in [2.05, 4.69) is 6.07 Å². The van der Waals surface area contributed by atoms with E-state index >= 15 is 0 Å². The van der Waals surface area contributed by atoms with Crippen molar-refractivity contribution in [3.8, 4) is 6.07 Å². The standard InChI is InChI=1S/C21H19Cl2N3O3/c1-21(2,10-24)13-8-16-12(7-15(13)23)20(29)11-5-6-14(22)19(25(3)4)18(11)26(16)9-17(27)28/h5-8H,9H2,1-4H3,(H,27,28). The van der Waals surface area contributed by atoms with Gasteiger partial charge in [-0.05, 0) is 43.7 Å². The second-order valence-electron chi connectivity index (χ2n) is 7.58. The van der Waals surface area contributed by atoms with Crippen LogP contribution < -0.4 is 10.3 Å². The zero-order chi connectivity index (χ0) is 21.7. The van der Waals surface area contributed by atoms with Crippen molar-refractivity contribution >= 4 is 56.7 Å². The largest absolute Gasteiger partial charge is 0.480 e. The molecule has 0 aliphatic heterocycles. The van der Waals surface area contributed by atoms with E-state index in [1.807, 2.05) is 0 Å². The molecule has 29 heavy (non-hydrogen) atoms. The van der Waals surface area contributed by atoms with E-state index in [4.69, 9.17) is 23.2 Å². The molecule has 8 heteroatoms. The van der Waals surface area contributed by atoms with Gasteiger partial charge in [-0.25, -0.2) is 0 Å². The average Bonchev–Trinajstić information content (AvgIpc) is 2.63. The summed E-state index contributed by atoms with van der Waals surface area (Å²) in [5.41, 5.74) is 0.659. The van der Waals surface area contributed by atoms with Gasteiger partial charge in [-0.2, -0.15) is 5.26 Å². The molecule has 3 aromatic rings. The Labute approximate surface area is 177 Å². The fourth-order valence-corrected chi connectivity index (χ4v) is 4.23. The van der Waals surface area contributed by atoms with Gasteiger partial charge in [0, 0.05) is 29.9 Å². The molecule has 0 aliphatic rings. The molecule has 3 rings (SSSR count). The molecule has 2 aromatic carbocycles. The zero-order valence-electron chi connectivity index (χ0n) is 16.4. The maximum atomic E-state index is 13.2. The molecule has 1 heterocycles. The van der Waals surface area contributed by atoms with Crippen LogP contribution in [0.4, 0.5) is 5.69 Å². The summed E-state index contributed by atoms with van der Waals surface area (Å²) in [4.78, 5) is 26.7. The van der Waals surface area contributed by atoms with Crippen LogP contribution in [0.5, 0.6) is 0 Å². The first-order valence-corrected chi connectivity index (χ1v) is 9.54. The third-order valence-corrected chi connectivity index (χ3v) is 5.55. The fourth-order valence-electron chi connectivity index (χ4n) is 3.51. The summed E-state index contributed by atoms with van der Waals surface area (Å²) in [6.07, 6.45) is 0. The minimum absolute atomic E-state index is 0.278. The highest BCUT2D eigenvalue weighted by Gasteiger charge is 2.26. The van der Waals surface area contributed by atoms with Gasteiger partial charge in [0.2, 0.25) is 0 Å². The van der Waals surface area contributed by atoms with Gasteiger partial charge >= 0.3 is 5.97 Å². The summed E-state index contributed by atoms with van der Waals surface area (Å²) in [5.74, 6) is -1.07. The lowest BCUT2D eigenvalue weighted by molar-refractivity contribution is -0.137. The molecule has 0 amide bonds. The number of carboxylic acids is 1. The van der Waals surface area contributed by atoms with Gasteiger partial charge in [-0.1, -0.05) is 23.2 Å². The van der Waals surface area contributed by atoms with Gasteiger partial charge in [0.15, 0.2) is 5.43 Å². The number of hydrogen-bond acceptors (Lipinski definition) is 4. The van der Waals surface area contributed by atoms with Crippen molar-refractivity contribution in [3.63, 3.8) is 0 Å². The van der Waals surface area contributed by atoms with Crippen molar-refractivity contribution in [2.45, 2.75) is 25.8 Å². The summed E-state index contributed by atoms with van der Waals surface area (Å²) < 4.78 is 1.54. The van der Waals surface area contributed by atoms with Gasteiger partial charge in [0.1, 0.15) is 6.54 Å². The topological polar surface area (TPSA) is 86.3 Å². The smallest absolute Gasteiger partial charge is 0.323 e. The molecule has 1 N–H and O–H groups in total. The molecule has 0 saturated carbocycles. The first kappa shape index (κ1) is 21.0. The number of fused-ring (bicyclic) bond motifs is 2. The van der Waals surface area contributed by atoms with E-state index in [9.17, 15) is 20.0 Å². The Balaban J connectivity index is 2.66. The second kappa shape index (κ2) is 7.25. The van der Waals surface area contributed by atoms with E-state index < -0.39 is 11.4 Å². The lowest BCUT2D eigenvalue weighted by Gasteiger charge is -2.24. The maximum absolute atomic E-state index is 13.2. The summed E-state index contributed by atoms with van der Waals surface area (Å²) in [5, 5.41) is 20.4. The number of anilines is 1. The molecule has 0 bridgehead atoms. The van der Waals surface area contributed by atoms with Crippen LogP contribution >= 0.6 is 23.2 Å². The number of carbonyl (C=O) groups is 1. The van der Waals surface area contributed by atoms with Crippen molar-refractivity contribution < 1.29 is 9.90 Å². The van der Waals surface area contributed by atoms with Gasteiger partial charge in [-0.3, -0.25) is 9.59 Å². The highest BCUT2D eigenvalue weighted by molar-refractivity contribution is 6.35. The highest BCUT2D eigenvalue weighted by Crippen LogP contribution is 2.37. The molecule has 0 radical (unpaired) electrons. The number of halogens is 2. The molecular formula is C21H19Cl2N3O3. The lowest BCUT2D eigenvalue weighted by Crippen LogP contribution is -2.21. The van der Waals surface area contributed by atoms with E-state index in [1.54, 1.807) is 55.6 Å². The van der Waals surface area contributed by atoms with Gasteiger partial charge < -0.3 is 14.6 Å². The molecule has 0 spiro atoms. The number of nitriles is 1. The minimum atomic E-state index is -1.07. The van der Waals surface area contributed by atoms with E-state index in [0.717, 1.165) is 0 Å². The van der Waals surface area contributed by atoms with Crippen LogP contribution in [0.1, 0.15) is 19.4 Å². The second-order valence-corrected chi connectivity index (χ2v) is 8.40. The Morgan fingerprint density at radius 3 is 2.41 bits per heavy atom. The van der Waals surface area contributed by atoms with Crippen LogP contribution in [0.3, 0.4) is 0 Å². The Kier molecular flexibility index (Phi) is 5.24. The number of pyridine rings is 1. The van der Waals surface area contributed by atoms with Crippen molar-refractivity contribution in [1.82, 2.24) is 4.57 Å². The fraction of sp³-hybridized carbons (Fsp3) is 0.286. The first-order valence-electron chi connectivity index (χ1n) is 8.78. The Bertz CT molecular complexity index is 1270. The number of aliphatic carboxylic acids is 1. The Morgan fingerprint density at radius 1 is 1.21 bits per heavy atom. The molecule has 1 aromatic heterocycles. The summed E-state index contributed by atoms with van der Waals surface area (Å²) in [6.45, 7) is 3.04. The SMILES string of the molecule is CN(C)c1c(Cl)ccc2c(=O)c3cc(Cl)c(C(C)(C)C#N)cc3n(CC(=O)O)c12. The van der Waals surface area contributed by atoms with Crippen LogP contribution in [-0.2, 0) is 16.8 Å². The summed E-state index contributed by atoms with van der Waals surface area (Å²) >= 11 is 12.8. The predicted octanol–water partition coefficient (Wildman–Crippen LogP) is 4.41. The number of rotatable bonds is 4. The summed E-state index contributed by atoms with van der Waals surface area (Å²) in [7, 11) is 3.54. The lowest BCUT2D eigenvalue weighted by atomic mass is 9.85. The number of nitrogens with zero attached hydrogens (tertiary/aromatic N) is 3. The number of hydrogen-bond donors (Lipinski definition) is 1. The molecule has 150 valence electrons. The molecule has 0 atom stereocenters. The first-order chi connectivity index (χ1) is 13.5. The van der Waals surface area contributed by atoms with Gasteiger partial charge in [0.25, 0.3) is 0 Å². The van der Waals surface area contributed by atoms with Crippen LogP contribution in [0, 0.1) is 11.3 Å². The van der Waals surface area contributed by atoms with E-state index in [-0.39, 0.29) is 22.4 Å². The van der Waals surface area contributed by atoms with Crippen LogP contribution in [-0.4, -0.2) is 29.7 Å². The molecule has 0 aliphatic carbocycles. The van der Waals surface area contributed by atoms with Crippen LogP contribution in [0.15, 0.2) is 29.1 Å². The van der Waals surface area contributed by atoms with Crippen molar-refractivity contribution in [2.75, 3.05) is 19.0 Å². The quantitative estimate of drug-likeness (QED) is 0.617. The van der Waals surface area contributed by atoms with E-state index in [0.29, 0.717) is 32.7 Å². The third kappa shape index (κ3) is 3.41. The van der Waals surface area contributed by atoms with Gasteiger partial charge in [-0.15, -0.1) is 0 Å². The number of aromatic nitrogens is 1. The van der Waals surface area contributed by atoms with Crippen molar-refractivity contribution in [3.05, 3.63) is 50.1 Å². The Hall–Kier alpha value is -2.75. The predicted molar refractivity (Wildman–Crippen MR) is 116 cm³/mol. The third-order valence-electron chi connectivity index (χ3n) is 4.93. The molecule has 0 fully saturated rings. The zero-order valence-corrected chi connectivity index (χ0v) is 17.9. The normalized spacial score (nSPS) is 11.6. The highest BCUT2D eigenvalue weighted by atomic mass is 35.5. The van der Waals surface area contributed by atoms with E-state index in [1.165, 1.54) is 6.07 Å². The minimum Gasteiger partial charge on any atom is -0.480 e. The number of carboxylic acid groups (broad SMARTS) is 1. The van der Waals surface area contributed by atoms with Crippen LogP contribution in [0.2, 0.25) is 10.0 Å². The molecular weight excluding hydrogens is 413 g/mol. The van der Waals surface area contributed by atoms with Crippen molar-refractivity contribution in [1.29, 1.82) is 5.26 Å². The molecule has 0 saturated heterocycles. The number of benzene rings is 2. The Morgan fingerprint density at radius 2 is 1.86 bits per heavy atom. The van der Waals surface area contributed by atoms with Crippen molar-refractivity contribution in [2.24, 2.45) is 0 Å². The average molecular weight is 432 g/mol.